The van der Waals surface area contributed by atoms with Crippen LogP contribution in [0, 0.1) is 6.92 Å². The fourth-order valence-electron chi connectivity index (χ4n) is 1.70. The van der Waals surface area contributed by atoms with Gasteiger partial charge in [-0.15, -0.1) is 0 Å². The molecule has 0 bridgehead atoms. The molecule has 0 radical (unpaired) electrons. The number of anilines is 1. The molecule has 2 nitrogen and oxygen atoms in total. The minimum atomic E-state index is 0.773. The molecule has 0 saturated heterocycles. The Hall–Kier alpha value is -1.70. The van der Waals surface area contributed by atoms with Crippen molar-refractivity contribution in [3.05, 3.63) is 35.6 Å². The molecule has 1 aromatic heterocycles. The van der Waals surface area contributed by atoms with E-state index in [1.807, 2.05) is 25.1 Å². The van der Waals surface area contributed by atoms with Gasteiger partial charge in [0.05, 0.1) is 0 Å². The lowest BCUT2D eigenvalue weighted by atomic mass is 10.1. The molecule has 15 heavy (non-hydrogen) atoms. The third kappa shape index (κ3) is 1.75. The SMILES string of the molecule is CC/C=C\c1c(C)oc2ccc(N)cc12. The van der Waals surface area contributed by atoms with E-state index < -0.39 is 0 Å². The van der Waals surface area contributed by atoms with Crippen LogP contribution in [0.15, 0.2) is 28.7 Å². The topological polar surface area (TPSA) is 39.2 Å². The second-order valence-corrected chi connectivity index (χ2v) is 3.64. The summed E-state index contributed by atoms with van der Waals surface area (Å²) in [6, 6.07) is 5.74. The summed E-state index contributed by atoms with van der Waals surface area (Å²) in [7, 11) is 0. The van der Waals surface area contributed by atoms with E-state index >= 15 is 0 Å². The number of hydrogen-bond acceptors (Lipinski definition) is 2. The normalized spacial score (nSPS) is 11.6. The average Bonchev–Trinajstić information content (AvgIpc) is 2.51. The highest BCUT2D eigenvalue weighted by atomic mass is 16.3. The summed E-state index contributed by atoms with van der Waals surface area (Å²) in [5.41, 5.74) is 8.58. The minimum absolute atomic E-state index is 0.773. The Kier molecular flexibility index (Phi) is 2.50. The fraction of sp³-hybridized carbons (Fsp3) is 0.231. The van der Waals surface area contributed by atoms with E-state index in [0.717, 1.165) is 34.4 Å². The Balaban J connectivity index is 2.65. The third-order valence-electron chi connectivity index (χ3n) is 2.46. The number of hydrogen-bond donors (Lipinski definition) is 1. The lowest BCUT2D eigenvalue weighted by Gasteiger charge is -1.93. The van der Waals surface area contributed by atoms with E-state index in [-0.39, 0.29) is 0 Å². The molecule has 2 aromatic rings. The maximum absolute atomic E-state index is 5.76. The van der Waals surface area contributed by atoms with Crippen LogP contribution in [0.2, 0.25) is 0 Å². The summed E-state index contributed by atoms with van der Waals surface area (Å²) < 4.78 is 5.64. The number of furan rings is 1. The van der Waals surface area contributed by atoms with Crippen molar-refractivity contribution < 1.29 is 4.42 Å². The molecule has 0 aliphatic carbocycles. The van der Waals surface area contributed by atoms with Crippen molar-refractivity contribution in [3.8, 4) is 0 Å². The first-order chi connectivity index (χ1) is 7.22. The zero-order valence-electron chi connectivity index (χ0n) is 9.08. The van der Waals surface area contributed by atoms with Crippen LogP contribution in [0.5, 0.6) is 0 Å². The van der Waals surface area contributed by atoms with Crippen LogP contribution in [0.4, 0.5) is 5.69 Å². The van der Waals surface area contributed by atoms with E-state index in [9.17, 15) is 0 Å². The zero-order chi connectivity index (χ0) is 10.8. The number of benzene rings is 1. The maximum atomic E-state index is 5.76. The number of allylic oxidation sites excluding steroid dienone is 1. The number of fused-ring (bicyclic) bond motifs is 1. The Morgan fingerprint density at radius 3 is 2.93 bits per heavy atom. The van der Waals surface area contributed by atoms with Crippen LogP contribution in [-0.2, 0) is 0 Å². The molecule has 2 heteroatoms. The molecule has 0 spiro atoms. The van der Waals surface area contributed by atoms with Crippen LogP contribution in [-0.4, -0.2) is 0 Å². The summed E-state index contributed by atoms with van der Waals surface area (Å²) >= 11 is 0. The largest absolute Gasteiger partial charge is 0.461 e. The molecular formula is C13H15NO. The smallest absolute Gasteiger partial charge is 0.135 e. The van der Waals surface area contributed by atoms with Gasteiger partial charge in [-0.25, -0.2) is 0 Å². The van der Waals surface area contributed by atoms with E-state index in [2.05, 4.69) is 19.1 Å². The van der Waals surface area contributed by atoms with Crippen LogP contribution in [0.3, 0.4) is 0 Å². The highest BCUT2D eigenvalue weighted by Gasteiger charge is 2.07. The highest BCUT2D eigenvalue weighted by molar-refractivity contribution is 5.90. The minimum Gasteiger partial charge on any atom is -0.461 e. The molecule has 0 fully saturated rings. The van der Waals surface area contributed by atoms with Gasteiger partial charge >= 0.3 is 0 Å². The van der Waals surface area contributed by atoms with Gasteiger partial charge in [0, 0.05) is 16.6 Å². The van der Waals surface area contributed by atoms with Gasteiger partial charge < -0.3 is 10.2 Å². The van der Waals surface area contributed by atoms with Gasteiger partial charge in [-0.1, -0.05) is 19.1 Å². The van der Waals surface area contributed by atoms with Crippen LogP contribution in [0.1, 0.15) is 24.7 Å². The third-order valence-corrected chi connectivity index (χ3v) is 2.46. The van der Waals surface area contributed by atoms with Gasteiger partial charge in [-0.05, 0) is 31.5 Å². The van der Waals surface area contributed by atoms with Gasteiger partial charge in [-0.2, -0.15) is 0 Å². The molecule has 0 atom stereocenters. The molecule has 2 N–H and O–H groups in total. The monoisotopic (exact) mass is 201 g/mol. The molecular weight excluding hydrogens is 186 g/mol. The molecule has 1 heterocycles. The van der Waals surface area contributed by atoms with Crippen molar-refractivity contribution in [1.29, 1.82) is 0 Å². The number of nitrogens with two attached hydrogens (primary N) is 1. The highest BCUT2D eigenvalue weighted by Crippen LogP contribution is 2.28. The van der Waals surface area contributed by atoms with Crippen molar-refractivity contribution in [2.24, 2.45) is 0 Å². The fourth-order valence-corrected chi connectivity index (χ4v) is 1.70. The molecule has 0 amide bonds. The van der Waals surface area contributed by atoms with Crippen LogP contribution in [0.25, 0.3) is 17.0 Å². The standard InChI is InChI=1S/C13H15NO/c1-3-4-5-11-9(2)15-13-7-6-10(14)8-12(11)13/h4-8H,3,14H2,1-2H3/b5-4-. The number of nitrogen functional groups attached to an aromatic ring is 1. The summed E-state index contributed by atoms with van der Waals surface area (Å²) in [5.74, 6) is 0.945. The summed E-state index contributed by atoms with van der Waals surface area (Å²) in [5, 5.41) is 1.09. The molecule has 0 aliphatic rings. The van der Waals surface area contributed by atoms with Crippen molar-refractivity contribution in [1.82, 2.24) is 0 Å². The van der Waals surface area contributed by atoms with Gasteiger partial charge in [0.15, 0.2) is 0 Å². The van der Waals surface area contributed by atoms with Crippen molar-refractivity contribution >= 4 is 22.7 Å². The Morgan fingerprint density at radius 2 is 2.20 bits per heavy atom. The Morgan fingerprint density at radius 1 is 1.40 bits per heavy atom. The van der Waals surface area contributed by atoms with Crippen molar-refractivity contribution in [2.75, 3.05) is 5.73 Å². The predicted octanol–water partition coefficient (Wildman–Crippen LogP) is 3.75. The quantitative estimate of drug-likeness (QED) is 0.751. The molecule has 0 aliphatic heterocycles. The summed E-state index contributed by atoms with van der Waals surface area (Å²) in [4.78, 5) is 0. The molecule has 2 rings (SSSR count). The first kappa shape index (κ1) is 9.84. The van der Waals surface area contributed by atoms with E-state index in [4.69, 9.17) is 10.2 Å². The molecule has 0 saturated carbocycles. The summed E-state index contributed by atoms with van der Waals surface area (Å²) in [6.45, 7) is 4.09. The van der Waals surface area contributed by atoms with E-state index in [1.165, 1.54) is 0 Å². The molecule has 78 valence electrons. The Bertz CT molecular complexity index is 508. The maximum Gasteiger partial charge on any atom is 0.135 e. The van der Waals surface area contributed by atoms with Gasteiger partial charge in [-0.3, -0.25) is 0 Å². The lowest BCUT2D eigenvalue weighted by molar-refractivity contribution is 0.577. The number of rotatable bonds is 2. The second-order valence-electron chi connectivity index (χ2n) is 3.64. The summed E-state index contributed by atoms with van der Waals surface area (Å²) in [6.07, 6.45) is 5.25. The van der Waals surface area contributed by atoms with Crippen molar-refractivity contribution in [2.45, 2.75) is 20.3 Å². The van der Waals surface area contributed by atoms with Gasteiger partial charge in [0.25, 0.3) is 0 Å². The molecule has 1 aromatic carbocycles. The molecule has 0 unspecified atom stereocenters. The second kappa shape index (κ2) is 3.81. The average molecular weight is 201 g/mol. The van der Waals surface area contributed by atoms with Crippen LogP contribution >= 0.6 is 0 Å². The van der Waals surface area contributed by atoms with Crippen molar-refractivity contribution in [3.63, 3.8) is 0 Å². The van der Waals surface area contributed by atoms with Gasteiger partial charge in [0.2, 0.25) is 0 Å². The first-order valence-electron chi connectivity index (χ1n) is 5.17. The number of aryl methyl sites for hydroxylation is 1. The zero-order valence-corrected chi connectivity index (χ0v) is 9.08. The predicted molar refractivity (Wildman–Crippen MR) is 64.7 cm³/mol. The first-order valence-corrected chi connectivity index (χ1v) is 5.17. The lowest BCUT2D eigenvalue weighted by Crippen LogP contribution is -1.82. The van der Waals surface area contributed by atoms with Crippen LogP contribution < -0.4 is 5.73 Å². The Labute approximate surface area is 89.4 Å². The van der Waals surface area contributed by atoms with Gasteiger partial charge in [0.1, 0.15) is 11.3 Å². The van der Waals surface area contributed by atoms with E-state index in [0.29, 0.717) is 0 Å². The van der Waals surface area contributed by atoms with E-state index in [1.54, 1.807) is 0 Å².